The standard InChI is InChI=1S/C20H23N3O3/c1-14(2)18(24)23-17-10-8-16(9-11-17)20(26)22-13-12-21-19(25)15-6-4-3-5-7-15/h3-11,14H,12-13H2,1-2H3,(H,21,25)(H,22,26)(H,23,24). The largest absolute Gasteiger partial charge is 0.350 e. The fourth-order valence-electron chi connectivity index (χ4n) is 2.14. The van der Waals surface area contributed by atoms with Crippen LogP contribution in [0.15, 0.2) is 54.6 Å². The van der Waals surface area contributed by atoms with E-state index in [0.29, 0.717) is 29.9 Å². The molecule has 0 aromatic heterocycles. The van der Waals surface area contributed by atoms with E-state index in [1.54, 1.807) is 48.5 Å². The van der Waals surface area contributed by atoms with Crippen LogP contribution in [0, 0.1) is 5.92 Å². The van der Waals surface area contributed by atoms with Crippen LogP contribution in [0.1, 0.15) is 34.6 Å². The van der Waals surface area contributed by atoms with E-state index in [4.69, 9.17) is 0 Å². The number of benzene rings is 2. The molecule has 0 aliphatic heterocycles. The number of amides is 3. The minimum atomic E-state index is -0.235. The second kappa shape index (κ2) is 9.36. The zero-order valence-electron chi connectivity index (χ0n) is 14.9. The van der Waals surface area contributed by atoms with Crippen LogP contribution < -0.4 is 16.0 Å². The van der Waals surface area contributed by atoms with Crippen molar-refractivity contribution in [3.05, 3.63) is 65.7 Å². The summed E-state index contributed by atoms with van der Waals surface area (Å²) in [6, 6.07) is 15.6. The van der Waals surface area contributed by atoms with Crippen LogP contribution >= 0.6 is 0 Å². The molecule has 0 aliphatic rings. The molecule has 0 bridgehead atoms. The van der Waals surface area contributed by atoms with Crippen molar-refractivity contribution < 1.29 is 14.4 Å². The second-order valence-corrected chi connectivity index (χ2v) is 6.10. The van der Waals surface area contributed by atoms with Crippen LogP contribution in [0.2, 0.25) is 0 Å². The third kappa shape index (κ3) is 5.73. The first-order valence-corrected chi connectivity index (χ1v) is 8.49. The Hall–Kier alpha value is -3.15. The first-order valence-electron chi connectivity index (χ1n) is 8.49. The average molecular weight is 353 g/mol. The van der Waals surface area contributed by atoms with Crippen molar-refractivity contribution in [2.24, 2.45) is 5.92 Å². The zero-order valence-corrected chi connectivity index (χ0v) is 14.9. The molecule has 6 heteroatoms. The van der Waals surface area contributed by atoms with Crippen molar-refractivity contribution in [2.45, 2.75) is 13.8 Å². The van der Waals surface area contributed by atoms with E-state index < -0.39 is 0 Å². The van der Waals surface area contributed by atoms with Gasteiger partial charge in [-0.2, -0.15) is 0 Å². The third-order valence-corrected chi connectivity index (χ3v) is 3.67. The van der Waals surface area contributed by atoms with Crippen LogP contribution in [0.25, 0.3) is 0 Å². The van der Waals surface area contributed by atoms with E-state index in [9.17, 15) is 14.4 Å². The number of anilines is 1. The highest BCUT2D eigenvalue weighted by Crippen LogP contribution is 2.11. The number of hydrogen-bond donors (Lipinski definition) is 3. The van der Waals surface area contributed by atoms with E-state index >= 15 is 0 Å². The molecule has 26 heavy (non-hydrogen) atoms. The average Bonchev–Trinajstić information content (AvgIpc) is 2.66. The van der Waals surface area contributed by atoms with Gasteiger partial charge in [0, 0.05) is 35.8 Å². The lowest BCUT2D eigenvalue weighted by Gasteiger charge is -2.09. The third-order valence-electron chi connectivity index (χ3n) is 3.67. The van der Waals surface area contributed by atoms with E-state index in [1.165, 1.54) is 0 Å². The highest BCUT2D eigenvalue weighted by atomic mass is 16.2. The van der Waals surface area contributed by atoms with Gasteiger partial charge in [0.15, 0.2) is 0 Å². The fraction of sp³-hybridized carbons (Fsp3) is 0.250. The topological polar surface area (TPSA) is 87.3 Å². The molecule has 0 fully saturated rings. The Morgan fingerprint density at radius 1 is 0.769 bits per heavy atom. The van der Waals surface area contributed by atoms with Gasteiger partial charge in [0.2, 0.25) is 5.91 Å². The van der Waals surface area contributed by atoms with Gasteiger partial charge >= 0.3 is 0 Å². The SMILES string of the molecule is CC(C)C(=O)Nc1ccc(C(=O)NCCNC(=O)c2ccccc2)cc1. The van der Waals surface area contributed by atoms with Crippen LogP contribution in [0.4, 0.5) is 5.69 Å². The lowest BCUT2D eigenvalue weighted by molar-refractivity contribution is -0.118. The van der Waals surface area contributed by atoms with Crippen molar-refractivity contribution in [3.8, 4) is 0 Å². The molecular weight excluding hydrogens is 330 g/mol. The van der Waals surface area contributed by atoms with Gasteiger partial charge in [-0.15, -0.1) is 0 Å². The molecule has 6 nitrogen and oxygen atoms in total. The van der Waals surface area contributed by atoms with Gasteiger partial charge in [-0.05, 0) is 36.4 Å². The summed E-state index contributed by atoms with van der Waals surface area (Å²) in [5, 5.41) is 8.26. The van der Waals surface area contributed by atoms with Gasteiger partial charge in [0.25, 0.3) is 11.8 Å². The van der Waals surface area contributed by atoms with Crippen molar-refractivity contribution in [2.75, 3.05) is 18.4 Å². The Kier molecular flexibility index (Phi) is 6.91. The summed E-state index contributed by atoms with van der Waals surface area (Å²) < 4.78 is 0. The van der Waals surface area contributed by atoms with E-state index in [-0.39, 0.29) is 23.6 Å². The van der Waals surface area contributed by atoms with Gasteiger partial charge in [0.1, 0.15) is 0 Å². The van der Waals surface area contributed by atoms with Crippen LogP contribution in [0.5, 0.6) is 0 Å². The van der Waals surface area contributed by atoms with Crippen molar-refractivity contribution in [3.63, 3.8) is 0 Å². The van der Waals surface area contributed by atoms with Crippen LogP contribution in [0.3, 0.4) is 0 Å². The highest BCUT2D eigenvalue weighted by Gasteiger charge is 2.09. The molecular formula is C20H23N3O3. The summed E-state index contributed by atoms with van der Waals surface area (Å²) in [5.41, 5.74) is 1.72. The minimum absolute atomic E-state index is 0.0728. The molecule has 0 spiro atoms. The lowest BCUT2D eigenvalue weighted by atomic mass is 10.1. The van der Waals surface area contributed by atoms with E-state index in [0.717, 1.165) is 0 Å². The molecule has 0 atom stereocenters. The number of nitrogens with one attached hydrogen (secondary N) is 3. The monoisotopic (exact) mass is 353 g/mol. The first-order chi connectivity index (χ1) is 12.5. The van der Waals surface area contributed by atoms with Crippen molar-refractivity contribution >= 4 is 23.4 Å². The molecule has 0 saturated heterocycles. The first kappa shape index (κ1) is 19.2. The number of rotatable bonds is 7. The maximum atomic E-state index is 12.1. The summed E-state index contributed by atoms with van der Waals surface area (Å²) in [4.78, 5) is 35.6. The Labute approximate surface area is 153 Å². The van der Waals surface area contributed by atoms with Crippen LogP contribution in [-0.4, -0.2) is 30.8 Å². The summed E-state index contributed by atoms with van der Waals surface area (Å²) in [6.45, 7) is 4.28. The van der Waals surface area contributed by atoms with Gasteiger partial charge in [-0.25, -0.2) is 0 Å². The van der Waals surface area contributed by atoms with E-state index in [1.807, 2.05) is 19.9 Å². The molecule has 0 unspecified atom stereocenters. The zero-order chi connectivity index (χ0) is 18.9. The quantitative estimate of drug-likeness (QED) is 0.668. The fourth-order valence-corrected chi connectivity index (χ4v) is 2.14. The van der Waals surface area contributed by atoms with E-state index in [2.05, 4.69) is 16.0 Å². The van der Waals surface area contributed by atoms with Crippen molar-refractivity contribution in [1.29, 1.82) is 0 Å². The molecule has 0 heterocycles. The Morgan fingerprint density at radius 2 is 1.27 bits per heavy atom. The van der Waals surface area contributed by atoms with Gasteiger partial charge in [0.05, 0.1) is 0 Å². The number of carbonyl (C=O) groups excluding carboxylic acids is 3. The van der Waals surface area contributed by atoms with Gasteiger partial charge in [-0.3, -0.25) is 14.4 Å². The highest BCUT2D eigenvalue weighted by molar-refractivity contribution is 5.96. The predicted molar refractivity (Wildman–Crippen MR) is 101 cm³/mol. The smallest absolute Gasteiger partial charge is 0.251 e. The summed E-state index contributed by atoms with van der Waals surface area (Å²) in [7, 11) is 0. The molecule has 3 N–H and O–H groups in total. The molecule has 0 radical (unpaired) electrons. The maximum absolute atomic E-state index is 12.1. The Bertz CT molecular complexity index is 756. The van der Waals surface area contributed by atoms with Crippen LogP contribution in [-0.2, 0) is 4.79 Å². The Morgan fingerprint density at radius 3 is 1.77 bits per heavy atom. The van der Waals surface area contributed by atoms with Gasteiger partial charge < -0.3 is 16.0 Å². The van der Waals surface area contributed by atoms with Crippen molar-refractivity contribution in [1.82, 2.24) is 10.6 Å². The summed E-state index contributed by atoms with van der Waals surface area (Å²) in [6.07, 6.45) is 0. The molecule has 3 amide bonds. The lowest BCUT2D eigenvalue weighted by Crippen LogP contribution is -2.34. The van der Waals surface area contributed by atoms with Gasteiger partial charge in [-0.1, -0.05) is 32.0 Å². The normalized spacial score (nSPS) is 10.3. The molecule has 2 rings (SSSR count). The molecule has 2 aromatic carbocycles. The second-order valence-electron chi connectivity index (χ2n) is 6.10. The molecule has 136 valence electrons. The maximum Gasteiger partial charge on any atom is 0.251 e. The number of hydrogen-bond acceptors (Lipinski definition) is 3. The summed E-state index contributed by atoms with van der Waals surface area (Å²) >= 11 is 0. The predicted octanol–water partition coefficient (Wildman–Crippen LogP) is 2.44. The molecule has 2 aromatic rings. The Balaban J connectivity index is 1.76. The summed E-state index contributed by atoms with van der Waals surface area (Å²) in [5.74, 6) is -0.591. The number of carbonyl (C=O) groups is 3. The minimum Gasteiger partial charge on any atom is -0.350 e. The molecule has 0 saturated carbocycles. The molecule has 0 aliphatic carbocycles.